The molecule has 2 N–H and O–H groups in total. The summed E-state index contributed by atoms with van der Waals surface area (Å²) in [5, 5.41) is 13.2. The van der Waals surface area contributed by atoms with Crippen LogP contribution < -0.4 is 5.32 Å². The van der Waals surface area contributed by atoms with E-state index in [4.69, 9.17) is 0 Å². The van der Waals surface area contributed by atoms with E-state index in [0.29, 0.717) is 31.5 Å². The quantitative estimate of drug-likeness (QED) is 0.861. The SMILES string of the molecule is CCC(=O)N1CCC(C(=O)NCC(C)(O)c2ccc(F)cc2)C1. The van der Waals surface area contributed by atoms with Crippen LogP contribution in [0.5, 0.6) is 0 Å². The number of hydrogen-bond acceptors (Lipinski definition) is 3. The number of amides is 2. The Labute approximate surface area is 135 Å². The average molecular weight is 322 g/mol. The van der Waals surface area contributed by atoms with Gasteiger partial charge in [-0.05, 0) is 31.0 Å². The van der Waals surface area contributed by atoms with E-state index in [0.717, 1.165) is 0 Å². The van der Waals surface area contributed by atoms with Gasteiger partial charge >= 0.3 is 0 Å². The Hall–Kier alpha value is -1.95. The summed E-state index contributed by atoms with van der Waals surface area (Å²) in [6.07, 6.45) is 1.07. The van der Waals surface area contributed by atoms with Gasteiger partial charge in [0, 0.05) is 19.5 Å². The number of carbonyl (C=O) groups excluding carboxylic acids is 2. The van der Waals surface area contributed by atoms with Crippen LogP contribution in [0.25, 0.3) is 0 Å². The van der Waals surface area contributed by atoms with Crippen LogP contribution in [0.15, 0.2) is 24.3 Å². The lowest BCUT2D eigenvalue weighted by Gasteiger charge is -2.25. The van der Waals surface area contributed by atoms with Gasteiger partial charge in [-0.2, -0.15) is 0 Å². The number of carbonyl (C=O) groups is 2. The predicted molar refractivity (Wildman–Crippen MR) is 84.0 cm³/mol. The number of likely N-dealkylation sites (tertiary alicyclic amines) is 1. The fourth-order valence-electron chi connectivity index (χ4n) is 2.74. The first-order chi connectivity index (χ1) is 10.8. The highest BCUT2D eigenvalue weighted by Gasteiger charge is 2.32. The van der Waals surface area contributed by atoms with Gasteiger partial charge < -0.3 is 15.3 Å². The molecule has 5 nitrogen and oxygen atoms in total. The molecule has 1 aromatic carbocycles. The number of nitrogens with zero attached hydrogens (tertiary/aromatic N) is 1. The van der Waals surface area contributed by atoms with Gasteiger partial charge in [-0.3, -0.25) is 9.59 Å². The minimum Gasteiger partial charge on any atom is -0.384 e. The second-order valence-electron chi connectivity index (χ2n) is 6.18. The second-order valence-corrected chi connectivity index (χ2v) is 6.18. The van der Waals surface area contributed by atoms with Crippen molar-refractivity contribution in [1.82, 2.24) is 10.2 Å². The van der Waals surface area contributed by atoms with E-state index in [-0.39, 0.29) is 30.1 Å². The third-order valence-electron chi connectivity index (χ3n) is 4.29. The Kier molecular flexibility index (Phi) is 5.36. The van der Waals surface area contributed by atoms with Crippen molar-refractivity contribution < 1.29 is 19.1 Å². The monoisotopic (exact) mass is 322 g/mol. The Bertz CT molecular complexity index is 572. The molecule has 1 heterocycles. The van der Waals surface area contributed by atoms with Gasteiger partial charge in [0.05, 0.1) is 12.5 Å². The number of rotatable bonds is 5. The van der Waals surface area contributed by atoms with E-state index >= 15 is 0 Å². The van der Waals surface area contributed by atoms with Gasteiger partial charge in [-0.1, -0.05) is 19.1 Å². The molecule has 0 radical (unpaired) electrons. The standard InChI is InChI=1S/C17H23FN2O3/c1-3-15(21)20-9-8-12(10-20)16(22)19-11-17(2,23)13-4-6-14(18)7-5-13/h4-7,12,23H,3,8-11H2,1-2H3,(H,19,22). The van der Waals surface area contributed by atoms with E-state index in [2.05, 4.69) is 5.32 Å². The second kappa shape index (κ2) is 7.08. The molecule has 2 rings (SSSR count). The number of halogens is 1. The summed E-state index contributed by atoms with van der Waals surface area (Å²) in [4.78, 5) is 25.5. The molecule has 0 aliphatic carbocycles. The maximum Gasteiger partial charge on any atom is 0.225 e. The molecule has 2 atom stereocenters. The van der Waals surface area contributed by atoms with Gasteiger partial charge in [0.1, 0.15) is 11.4 Å². The fraction of sp³-hybridized carbons (Fsp3) is 0.529. The molecule has 23 heavy (non-hydrogen) atoms. The highest BCUT2D eigenvalue weighted by Crippen LogP contribution is 2.21. The zero-order valence-corrected chi connectivity index (χ0v) is 13.5. The van der Waals surface area contributed by atoms with E-state index in [1.54, 1.807) is 18.7 Å². The van der Waals surface area contributed by atoms with Crippen molar-refractivity contribution in [3.8, 4) is 0 Å². The van der Waals surface area contributed by atoms with Crippen LogP contribution in [0, 0.1) is 11.7 Å². The number of nitrogens with one attached hydrogen (secondary N) is 1. The molecule has 1 fully saturated rings. The van der Waals surface area contributed by atoms with Crippen molar-refractivity contribution >= 4 is 11.8 Å². The van der Waals surface area contributed by atoms with Gasteiger partial charge in [0.25, 0.3) is 0 Å². The lowest BCUT2D eigenvalue weighted by atomic mass is 9.95. The molecule has 2 unspecified atom stereocenters. The first kappa shape index (κ1) is 17.4. The minimum absolute atomic E-state index is 0.0374. The Morgan fingerprint density at radius 2 is 2.04 bits per heavy atom. The average Bonchev–Trinajstić information content (AvgIpc) is 3.02. The molecule has 1 aromatic rings. The molecule has 6 heteroatoms. The maximum atomic E-state index is 12.9. The highest BCUT2D eigenvalue weighted by atomic mass is 19.1. The zero-order valence-electron chi connectivity index (χ0n) is 13.5. The lowest BCUT2D eigenvalue weighted by Crippen LogP contribution is -2.42. The molecule has 1 saturated heterocycles. The molecule has 0 aromatic heterocycles. The third-order valence-corrected chi connectivity index (χ3v) is 4.29. The summed E-state index contributed by atoms with van der Waals surface area (Å²) in [5.74, 6) is -0.729. The summed E-state index contributed by atoms with van der Waals surface area (Å²) in [7, 11) is 0. The third kappa shape index (κ3) is 4.28. The van der Waals surface area contributed by atoms with Crippen molar-refractivity contribution in [2.45, 2.75) is 32.3 Å². The smallest absolute Gasteiger partial charge is 0.225 e. The minimum atomic E-state index is -1.28. The molecular weight excluding hydrogens is 299 g/mol. The largest absolute Gasteiger partial charge is 0.384 e. The first-order valence-electron chi connectivity index (χ1n) is 7.87. The lowest BCUT2D eigenvalue weighted by molar-refractivity contribution is -0.130. The predicted octanol–water partition coefficient (Wildman–Crippen LogP) is 1.41. The molecule has 2 amide bonds. The van der Waals surface area contributed by atoms with Gasteiger partial charge in [0.15, 0.2) is 0 Å². The van der Waals surface area contributed by atoms with Crippen molar-refractivity contribution in [3.63, 3.8) is 0 Å². The van der Waals surface area contributed by atoms with Crippen molar-refractivity contribution in [1.29, 1.82) is 0 Å². The van der Waals surface area contributed by atoms with Crippen LogP contribution in [0.4, 0.5) is 4.39 Å². The molecule has 1 aliphatic heterocycles. The van der Waals surface area contributed by atoms with Gasteiger partial charge in [-0.25, -0.2) is 4.39 Å². The zero-order chi connectivity index (χ0) is 17.0. The number of hydrogen-bond donors (Lipinski definition) is 2. The van der Waals surface area contributed by atoms with Crippen LogP contribution in [-0.4, -0.2) is 41.5 Å². The normalized spacial score (nSPS) is 20.2. The maximum absolute atomic E-state index is 12.9. The Balaban J connectivity index is 1.89. The molecular formula is C17H23FN2O3. The van der Waals surface area contributed by atoms with Gasteiger partial charge in [0.2, 0.25) is 11.8 Å². The summed E-state index contributed by atoms with van der Waals surface area (Å²) in [6.45, 7) is 4.43. The van der Waals surface area contributed by atoms with E-state index in [1.165, 1.54) is 24.3 Å². The summed E-state index contributed by atoms with van der Waals surface area (Å²) in [5.41, 5.74) is -0.741. The van der Waals surface area contributed by atoms with E-state index in [1.807, 2.05) is 0 Å². The Morgan fingerprint density at radius 3 is 2.65 bits per heavy atom. The molecule has 126 valence electrons. The van der Waals surface area contributed by atoms with Crippen LogP contribution in [-0.2, 0) is 15.2 Å². The van der Waals surface area contributed by atoms with Crippen LogP contribution in [0.3, 0.4) is 0 Å². The summed E-state index contributed by atoms with van der Waals surface area (Å²) >= 11 is 0. The van der Waals surface area contributed by atoms with E-state index < -0.39 is 5.60 Å². The van der Waals surface area contributed by atoms with Crippen molar-refractivity contribution in [2.24, 2.45) is 5.92 Å². The number of benzene rings is 1. The number of aliphatic hydroxyl groups is 1. The molecule has 0 bridgehead atoms. The highest BCUT2D eigenvalue weighted by molar-refractivity contribution is 5.82. The molecule has 1 aliphatic rings. The van der Waals surface area contributed by atoms with Gasteiger partial charge in [-0.15, -0.1) is 0 Å². The van der Waals surface area contributed by atoms with Crippen molar-refractivity contribution in [2.75, 3.05) is 19.6 Å². The molecule has 0 spiro atoms. The van der Waals surface area contributed by atoms with Crippen LogP contribution >= 0.6 is 0 Å². The Morgan fingerprint density at radius 1 is 1.39 bits per heavy atom. The van der Waals surface area contributed by atoms with Crippen LogP contribution in [0.2, 0.25) is 0 Å². The van der Waals surface area contributed by atoms with Crippen molar-refractivity contribution in [3.05, 3.63) is 35.6 Å². The summed E-state index contributed by atoms with van der Waals surface area (Å²) in [6, 6.07) is 5.55. The van der Waals surface area contributed by atoms with Crippen LogP contribution in [0.1, 0.15) is 32.3 Å². The molecule has 0 saturated carbocycles. The topological polar surface area (TPSA) is 69.6 Å². The van der Waals surface area contributed by atoms with E-state index in [9.17, 15) is 19.1 Å². The first-order valence-corrected chi connectivity index (χ1v) is 7.87. The fourth-order valence-corrected chi connectivity index (χ4v) is 2.74. The summed E-state index contributed by atoms with van der Waals surface area (Å²) < 4.78 is 12.9.